The standard InChI is InChI=1S/C19H18BrP.C16H28.C15H26O/c1-21(20,17-11-5-2-6-12-17,18-13-7-3-8-14-18)19-15-9-4-10-16-19;1-4-14-11-16(10-7-13(14)3)15-8-5-12(2)6-9-15;1-11-3-6-13(7-4-11)14-8-5-12(2)15(9-14)10-16/h2-16H,1H3;4,12-16H,1,5-11H2,2-3H3;10-15H,3-9H2,1-2H3/t;12?,13-,14+,15?,16?;11?,12-,13?,14?,15-/m.11/s1. The Kier molecular flexibility index (Phi) is 15.7. The van der Waals surface area contributed by atoms with Crippen LogP contribution in [0.4, 0.5) is 0 Å². The third-order valence-corrected chi connectivity index (χ3v) is 22.9. The number of allylic oxidation sites excluding steroid dienone is 1. The van der Waals surface area contributed by atoms with E-state index in [1.807, 2.05) is 0 Å². The van der Waals surface area contributed by atoms with Crippen molar-refractivity contribution in [3.8, 4) is 0 Å². The Bertz CT molecular complexity index is 1350. The number of carbonyl (C=O) groups is 1. The molecule has 0 amide bonds. The summed E-state index contributed by atoms with van der Waals surface area (Å²) in [4.78, 5) is 11.1. The van der Waals surface area contributed by atoms with E-state index in [4.69, 9.17) is 0 Å². The zero-order chi connectivity index (χ0) is 37.9. The minimum absolute atomic E-state index is 0.359. The van der Waals surface area contributed by atoms with Crippen LogP contribution in [-0.4, -0.2) is 13.0 Å². The predicted octanol–water partition coefficient (Wildman–Crippen LogP) is 13.6. The molecule has 3 heteroatoms. The quantitative estimate of drug-likeness (QED) is 0.132. The summed E-state index contributed by atoms with van der Waals surface area (Å²) in [6.45, 7) is 15.9. The second-order valence-corrected chi connectivity index (χ2v) is 28.0. The van der Waals surface area contributed by atoms with Crippen LogP contribution >= 0.6 is 20.8 Å². The molecule has 2 unspecified atom stereocenters. The van der Waals surface area contributed by atoms with Gasteiger partial charge in [-0.15, -0.1) is 6.58 Å². The molecular weight excluding hydrogens is 727 g/mol. The van der Waals surface area contributed by atoms with Gasteiger partial charge >= 0.3 is 134 Å². The maximum atomic E-state index is 11.1. The number of hydrogen-bond acceptors (Lipinski definition) is 1. The van der Waals surface area contributed by atoms with Crippen LogP contribution in [0.25, 0.3) is 0 Å². The second kappa shape index (κ2) is 19.7. The molecule has 6 atom stereocenters. The summed E-state index contributed by atoms with van der Waals surface area (Å²) in [5.41, 5.74) is 0. The Morgan fingerprint density at radius 2 is 0.830 bits per heavy atom. The fourth-order valence-corrected chi connectivity index (χ4v) is 16.1. The van der Waals surface area contributed by atoms with Gasteiger partial charge in [0.05, 0.1) is 0 Å². The number of rotatable bonds is 7. The number of halogens is 1. The van der Waals surface area contributed by atoms with Gasteiger partial charge in [0.15, 0.2) is 0 Å². The predicted molar refractivity (Wildman–Crippen MR) is 238 cm³/mol. The van der Waals surface area contributed by atoms with E-state index in [2.05, 4.69) is 153 Å². The zero-order valence-electron chi connectivity index (χ0n) is 33.9. The van der Waals surface area contributed by atoms with Crippen molar-refractivity contribution >= 4 is 43.0 Å². The number of carbonyl (C=O) groups excluding carboxylic acids is 1. The van der Waals surface area contributed by atoms with Gasteiger partial charge in [-0.3, -0.25) is 0 Å². The Hall–Kier alpha value is -2.02. The molecule has 4 aliphatic rings. The molecule has 0 spiro atoms. The summed E-state index contributed by atoms with van der Waals surface area (Å²) in [7, 11) is 0. The monoisotopic (exact) mass is 798 g/mol. The van der Waals surface area contributed by atoms with Crippen molar-refractivity contribution in [2.24, 2.45) is 59.2 Å². The Labute approximate surface area is 333 Å². The fourth-order valence-electron chi connectivity index (χ4n) is 10.5. The molecule has 7 rings (SSSR count). The molecule has 0 bridgehead atoms. The fraction of sp³-hybridized carbons (Fsp3) is 0.580. The van der Waals surface area contributed by atoms with Crippen LogP contribution in [0.15, 0.2) is 104 Å². The molecule has 1 nitrogen and oxygen atoms in total. The van der Waals surface area contributed by atoms with Crippen molar-refractivity contribution in [3.05, 3.63) is 104 Å². The Morgan fingerprint density at radius 3 is 1.17 bits per heavy atom. The topological polar surface area (TPSA) is 17.1 Å². The van der Waals surface area contributed by atoms with Gasteiger partial charge in [0.25, 0.3) is 0 Å². The van der Waals surface area contributed by atoms with Gasteiger partial charge in [0.2, 0.25) is 0 Å². The number of hydrogen-bond donors (Lipinski definition) is 0. The first kappa shape index (κ1) is 42.1. The summed E-state index contributed by atoms with van der Waals surface area (Å²) < 4.78 is 0. The molecule has 3 aromatic rings. The Balaban J connectivity index is 0.000000156. The van der Waals surface area contributed by atoms with Crippen LogP contribution in [0, 0.1) is 59.2 Å². The molecule has 290 valence electrons. The zero-order valence-corrected chi connectivity index (χ0v) is 36.4. The second-order valence-electron chi connectivity index (χ2n) is 18.3. The molecule has 53 heavy (non-hydrogen) atoms. The van der Waals surface area contributed by atoms with E-state index in [1.165, 1.54) is 112 Å². The summed E-state index contributed by atoms with van der Waals surface area (Å²) in [5.74, 6) is 8.49. The van der Waals surface area contributed by atoms with Gasteiger partial charge in [0.1, 0.15) is 6.29 Å². The van der Waals surface area contributed by atoms with E-state index in [1.54, 1.807) is 0 Å². The Morgan fingerprint density at radius 1 is 0.509 bits per heavy atom. The van der Waals surface area contributed by atoms with Gasteiger partial charge in [-0.05, 0) is 117 Å². The number of benzene rings is 3. The summed E-state index contributed by atoms with van der Waals surface area (Å²) in [6.07, 6.45) is 23.3. The number of aldehydes is 1. The molecule has 0 heterocycles. The first-order valence-electron chi connectivity index (χ1n) is 21.5. The van der Waals surface area contributed by atoms with E-state index >= 15 is 0 Å². The summed E-state index contributed by atoms with van der Waals surface area (Å²) in [5, 5.41) is 1.48. The van der Waals surface area contributed by atoms with Crippen molar-refractivity contribution in [2.75, 3.05) is 6.66 Å². The SMILES string of the molecule is C=C[C@H]1CC(C2CCC(C)CC2)CC[C@H]1C.CC1CCC(C2CC[C@@H](C)[C@@H](C=O)C2)CC1.CP(Br)(c1ccccc1)(c1ccccc1)c1ccccc1. The van der Waals surface area contributed by atoms with E-state index < -0.39 is 5.31 Å². The third kappa shape index (κ3) is 10.6. The molecule has 4 aliphatic carbocycles. The molecule has 0 aliphatic heterocycles. The van der Waals surface area contributed by atoms with Crippen LogP contribution in [0.1, 0.15) is 118 Å². The van der Waals surface area contributed by atoms with Gasteiger partial charge in [0, 0.05) is 5.92 Å². The maximum absolute atomic E-state index is 11.1. The van der Waals surface area contributed by atoms with Crippen molar-refractivity contribution in [3.63, 3.8) is 0 Å². The van der Waals surface area contributed by atoms with Crippen LogP contribution in [0.2, 0.25) is 0 Å². The van der Waals surface area contributed by atoms with Gasteiger partial charge in [-0.25, -0.2) is 0 Å². The average molecular weight is 800 g/mol. The molecule has 0 N–H and O–H groups in total. The summed E-state index contributed by atoms with van der Waals surface area (Å²) >= 11 is 4.24. The van der Waals surface area contributed by atoms with E-state index in [9.17, 15) is 4.79 Å². The average Bonchev–Trinajstić information content (AvgIpc) is 3.20. The van der Waals surface area contributed by atoms with Gasteiger partial charge in [-0.1, -0.05) is 59.5 Å². The molecule has 4 fully saturated rings. The van der Waals surface area contributed by atoms with Gasteiger partial charge < -0.3 is 4.79 Å². The van der Waals surface area contributed by atoms with Gasteiger partial charge in [-0.2, -0.15) is 0 Å². The molecule has 3 aromatic carbocycles. The minimum atomic E-state index is -2.56. The first-order valence-corrected chi connectivity index (χ1v) is 26.2. The van der Waals surface area contributed by atoms with Crippen molar-refractivity contribution < 1.29 is 4.79 Å². The van der Waals surface area contributed by atoms with Crippen molar-refractivity contribution in [2.45, 2.75) is 118 Å². The molecule has 0 aromatic heterocycles. The molecule has 0 radical (unpaired) electrons. The van der Waals surface area contributed by atoms with E-state index in [0.717, 1.165) is 47.3 Å². The third-order valence-electron chi connectivity index (χ3n) is 14.6. The van der Waals surface area contributed by atoms with Crippen LogP contribution in [0.5, 0.6) is 0 Å². The van der Waals surface area contributed by atoms with Crippen LogP contribution in [0.3, 0.4) is 0 Å². The van der Waals surface area contributed by atoms with Crippen molar-refractivity contribution in [1.29, 1.82) is 0 Å². The molecular formula is C50H72BrOP. The van der Waals surface area contributed by atoms with Crippen molar-refractivity contribution in [1.82, 2.24) is 0 Å². The van der Waals surface area contributed by atoms with E-state index in [0.29, 0.717) is 11.8 Å². The van der Waals surface area contributed by atoms with Crippen LogP contribution in [-0.2, 0) is 4.79 Å². The van der Waals surface area contributed by atoms with Crippen LogP contribution < -0.4 is 15.9 Å². The molecule has 0 saturated heterocycles. The molecule has 4 saturated carbocycles. The van der Waals surface area contributed by atoms with E-state index in [-0.39, 0.29) is 0 Å². The first-order chi connectivity index (χ1) is 25.5. The normalized spacial score (nSPS) is 32.6. The summed E-state index contributed by atoms with van der Waals surface area (Å²) in [6, 6.07) is 32.3.